The van der Waals surface area contributed by atoms with E-state index in [1.165, 1.54) is 55.5 Å². The highest BCUT2D eigenvalue weighted by Gasteiger charge is 2.22. The van der Waals surface area contributed by atoms with Crippen molar-refractivity contribution in [2.75, 3.05) is 0 Å². The normalized spacial score (nSPS) is 11.8. The van der Waals surface area contributed by atoms with Crippen LogP contribution in [0.1, 0.15) is 11.1 Å². The minimum atomic E-state index is 0.708. The zero-order valence-corrected chi connectivity index (χ0v) is 23.8. The molecule has 2 aromatic heterocycles. The van der Waals surface area contributed by atoms with Crippen LogP contribution < -0.4 is 0 Å². The van der Waals surface area contributed by atoms with Gasteiger partial charge in [-0.3, -0.25) is 0 Å². The van der Waals surface area contributed by atoms with Crippen LogP contribution in [0.3, 0.4) is 0 Å². The summed E-state index contributed by atoms with van der Waals surface area (Å²) in [5.74, 6) is 0. The summed E-state index contributed by atoms with van der Waals surface area (Å²) < 4.78 is 4.52. The molecular weight excluding hydrogens is 536 g/mol. The van der Waals surface area contributed by atoms with Gasteiger partial charge in [0.2, 0.25) is 0 Å². The van der Waals surface area contributed by atoms with Crippen molar-refractivity contribution >= 4 is 77.6 Å². The Morgan fingerprint density at radius 1 is 0.364 bits per heavy atom. The third kappa shape index (κ3) is 3.22. The maximum absolute atomic E-state index is 8.71. The molecule has 0 saturated heterocycles. The molecule has 0 saturated carbocycles. The third-order valence-corrected chi connectivity index (χ3v) is 9.14. The lowest BCUT2D eigenvalue weighted by Crippen LogP contribution is -2.08. The smallest absolute Gasteiger partial charge is 0.0557 e. The molecule has 44 heavy (non-hydrogen) atoms. The van der Waals surface area contributed by atoms with Crippen LogP contribution in [-0.4, -0.2) is 21.6 Å². The Hall–Kier alpha value is -6.00. The number of hydrogen-bond donors (Lipinski definition) is 2. The number of nitrogens with zero attached hydrogens (tertiary/aromatic N) is 2. The molecule has 0 aliphatic rings. The zero-order valence-electron chi connectivity index (χ0n) is 23.8. The quantitative estimate of drug-likeness (QED) is 0.201. The van der Waals surface area contributed by atoms with E-state index in [1.54, 1.807) is 0 Å². The molecule has 0 bridgehead atoms. The van der Waals surface area contributed by atoms with Gasteiger partial charge in [-0.25, -0.2) is 0 Å². The first-order valence-electron chi connectivity index (χ1n) is 14.8. The van der Waals surface area contributed by atoms with Crippen LogP contribution in [0.5, 0.6) is 0 Å². The SMILES string of the molecule is N=Cc1c(-n2c3ccccc3c3ccccc32)ccc(-n2c3ccc4ccccc4c3c3c4ccccc4ccc32)c1C=N. The number of hydrogen-bond acceptors (Lipinski definition) is 2. The van der Waals surface area contributed by atoms with Gasteiger partial charge < -0.3 is 20.0 Å². The summed E-state index contributed by atoms with van der Waals surface area (Å²) in [6, 6.07) is 46.9. The number of aromatic nitrogens is 2. The zero-order chi connectivity index (χ0) is 29.4. The molecule has 0 spiro atoms. The number of rotatable bonds is 4. The maximum atomic E-state index is 8.71. The van der Waals surface area contributed by atoms with Crippen LogP contribution in [0.25, 0.3) is 76.5 Å². The van der Waals surface area contributed by atoms with E-state index in [4.69, 9.17) is 10.8 Å². The molecule has 9 aromatic rings. The van der Waals surface area contributed by atoms with Gasteiger partial charge in [0.1, 0.15) is 0 Å². The van der Waals surface area contributed by atoms with Gasteiger partial charge in [0.15, 0.2) is 0 Å². The lowest BCUT2D eigenvalue weighted by molar-refractivity contribution is 1.13. The summed E-state index contributed by atoms with van der Waals surface area (Å²) in [7, 11) is 0. The summed E-state index contributed by atoms with van der Waals surface area (Å²) in [6.45, 7) is 0. The molecule has 0 atom stereocenters. The van der Waals surface area contributed by atoms with Gasteiger partial charge >= 0.3 is 0 Å². The average Bonchev–Trinajstić information content (AvgIpc) is 3.61. The highest BCUT2D eigenvalue weighted by atomic mass is 15.0. The topological polar surface area (TPSA) is 57.6 Å². The summed E-state index contributed by atoms with van der Waals surface area (Å²) in [6.07, 6.45) is 2.81. The first-order valence-corrected chi connectivity index (χ1v) is 14.8. The average molecular weight is 563 g/mol. The molecule has 0 aliphatic carbocycles. The molecule has 4 nitrogen and oxygen atoms in total. The summed E-state index contributed by atoms with van der Waals surface area (Å²) >= 11 is 0. The molecule has 2 heterocycles. The molecule has 0 amide bonds. The van der Waals surface area contributed by atoms with Crippen molar-refractivity contribution in [3.8, 4) is 11.4 Å². The fraction of sp³-hybridized carbons (Fsp3) is 0. The Kier molecular flexibility index (Phi) is 5.17. The van der Waals surface area contributed by atoms with Gasteiger partial charge in [-0.1, -0.05) is 97.1 Å². The van der Waals surface area contributed by atoms with E-state index < -0.39 is 0 Å². The number of benzene rings is 7. The van der Waals surface area contributed by atoms with E-state index in [9.17, 15) is 0 Å². The van der Waals surface area contributed by atoms with Crippen molar-refractivity contribution in [2.24, 2.45) is 0 Å². The molecule has 9 rings (SSSR count). The van der Waals surface area contributed by atoms with Crippen molar-refractivity contribution in [1.29, 1.82) is 10.8 Å². The van der Waals surface area contributed by atoms with Crippen LogP contribution in [-0.2, 0) is 0 Å². The molecule has 4 heteroatoms. The molecule has 2 N–H and O–H groups in total. The predicted octanol–water partition coefficient (Wildman–Crippen LogP) is 10.2. The lowest BCUT2D eigenvalue weighted by atomic mass is 10.00. The van der Waals surface area contributed by atoms with Crippen LogP contribution in [0, 0.1) is 10.8 Å². The van der Waals surface area contributed by atoms with Crippen molar-refractivity contribution in [1.82, 2.24) is 9.13 Å². The second-order valence-electron chi connectivity index (χ2n) is 11.3. The third-order valence-electron chi connectivity index (χ3n) is 9.14. The Labute approximate surface area is 253 Å². The van der Waals surface area contributed by atoms with E-state index in [-0.39, 0.29) is 0 Å². The molecule has 0 aliphatic heterocycles. The Morgan fingerprint density at radius 2 is 0.750 bits per heavy atom. The second kappa shape index (κ2) is 9.25. The molecular formula is C40H26N4. The van der Waals surface area contributed by atoms with Crippen LogP contribution in [0.2, 0.25) is 0 Å². The fourth-order valence-electron chi connectivity index (χ4n) is 7.30. The summed E-state index contributed by atoms with van der Waals surface area (Å²) in [4.78, 5) is 0. The summed E-state index contributed by atoms with van der Waals surface area (Å²) in [5, 5.41) is 26.9. The fourth-order valence-corrected chi connectivity index (χ4v) is 7.30. The molecule has 0 fully saturated rings. The van der Waals surface area contributed by atoms with Gasteiger partial charge in [-0.15, -0.1) is 0 Å². The van der Waals surface area contributed by atoms with Crippen LogP contribution in [0.15, 0.2) is 133 Å². The summed E-state index contributed by atoms with van der Waals surface area (Å²) in [5.41, 5.74) is 7.51. The van der Waals surface area contributed by atoms with Crippen LogP contribution in [0.4, 0.5) is 0 Å². The first-order chi connectivity index (χ1) is 21.8. The standard InChI is InChI=1S/C40H26N4/c41-23-31-32(24-42)36(22-21-35(31)43-33-15-7-5-13-29(33)30-14-6-8-16-34(30)43)44-37-19-17-25-9-1-3-11-27(25)39(37)40-28-12-4-2-10-26(28)18-20-38(40)44/h1-24,41-42H. The van der Waals surface area contributed by atoms with Gasteiger partial charge in [0, 0.05) is 45.1 Å². The number of para-hydroxylation sites is 2. The second-order valence-corrected chi connectivity index (χ2v) is 11.3. The Balaban J connectivity index is 1.43. The van der Waals surface area contributed by atoms with E-state index in [2.05, 4.69) is 143 Å². The van der Waals surface area contributed by atoms with E-state index >= 15 is 0 Å². The van der Waals surface area contributed by atoms with Crippen molar-refractivity contribution in [2.45, 2.75) is 0 Å². The van der Waals surface area contributed by atoms with Gasteiger partial charge in [0.05, 0.1) is 33.4 Å². The molecule has 7 aromatic carbocycles. The van der Waals surface area contributed by atoms with Gasteiger partial charge in [-0.05, 0) is 57.9 Å². The van der Waals surface area contributed by atoms with E-state index in [0.717, 1.165) is 33.4 Å². The number of nitrogens with one attached hydrogen (secondary N) is 2. The number of fused-ring (bicyclic) bond motifs is 10. The van der Waals surface area contributed by atoms with Crippen molar-refractivity contribution in [3.05, 3.63) is 145 Å². The highest BCUT2D eigenvalue weighted by Crippen LogP contribution is 2.42. The van der Waals surface area contributed by atoms with Gasteiger partial charge in [-0.2, -0.15) is 0 Å². The largest absolute Gasteiger partial charge is 0.309 e. The Bertz CT molecular complexity index is 2510. The maximum Gasteiger partial charge on any atom is 0.0557 e. The first kappa shape index (κ1) is 24.6. The lowest BCUT2D eigenvalue weighted by Gasteiger charge is -2.18. The van der Waals surface area contributed by atoms with Crippen molar-refractivity contribution in [3.63, 3.8) is 0 Å². The monoisotopic (exact) mass is 562 g/mol. The predicted molar refractivity (Wildman–Crippen MR) is 186 cm³/mol. The molecule has 0 radical (unpaired) electrons. The molecule has 0 unspecified atom stereocenters. The minimum Gasteiger partial charge on any atom is -0.309 e. The minimum absolute atomic E-state index is 0.708. The van der Waals surface area contributed by atoms with E-state index in [0.29, 0.717) is 11.1 Å². The van der Waals surface area contributed by atoms with Gasteiger partial charge in [0.25, 0.3) is 0 Å². The van der Waals surface area contributed by atoms with E-state index in [1.807, 2.05) is 0 Å². The van der Waals surface area contributed by atoms with Crippen molar-refractivity contribution < 1.29 is 0 Å². The van der Waals surface area contributed by atoms with Crippen LogP contribution >= 0.6 is 0 Å². The highest BCUT2D eigenvalue weighted by molar-refractivity contribution is 6.28. The Morgan fingerprint density at radius 3 is 1.20 bits per heavy atom. The molecule has 206 valence electrons.